The highest BCUT2D eigenvalue weighted by atomic mass is 19.1. The van der Waals surface area contributed by atoms with Gasteiger partial charge in [0.15, 0.2) is 17.2 Å². The maximum absolute atomic E-state index is 14.1. The lowest BCUT2D eigenvalue weighted by molar-refractivity contribution is -0.121. The number of aromatic nitrogens is 3. The van der Waals surface area contributed by atoms with E-state index in [0.717, 1.165) is 11.1 Å². The van der Waals surface area contributed by atoms with E-state index in [9.17, 15) is 23.6 Å². The maximum atomic E-state index is 14.1. The highest BCUT2D eigenvalue weighted by Gasteiger charge is 2.19. The Morgan fingerprint density at radius 1 is 1.00 bits per heavy atom. The summed E-state index contributed by atoms with van der Waals surface area (Å²) >= 11 is 0. The highest BCUT2D eigenvalue weighted by molar-refractivity contribution is 5.98. The molecule has 0 unspecified atom stereocenters. The predicted molar refractivity (Wildman–Crippen MR) is 132 cm³/mol. The van der Waals surface area contributed by atoms with Gasteiger partial charge in [0, 0.05) is 37.2 Å². The lowest BCUT2D eigenvalue weighted by Crippen LogP contribution is -2.28. The number of Topliss-reactive ketones (excluding diaryl/α,β-unsaturated/α-hetero) is 2. The number of benzene rings is 2. The molecule has 0 spiro atoms. The molecule has 2 aromatic heterocycles. The standard InChI is InChI=1S/C27H22FN5O5/c1-15(34)20-4-2-17(9-21(20)28)13-30-27(37)23-11-22(32-25-6-7-31-33(23)25)26(36)29-12-16-3-5-24-18(8-16)10-19(35)14-38-24/h2-9,11H,10,12-14H2,1H3,(H,29,36)(H,30,37). The molecule has 0 fully saturated rings. The molecule has 38 heavy (non-hydrogen) atoms. The van der Waals surface area contributed by atoms with Crippen LogP contribution >= 0.6 is 0 Å². The number of carbonyl (C=O) groups is 4. The average molecular weight is 516 g/mol. The van der Waals surface area contributed by atoms with Gasteiger partial charge in [-0.25, -0.2) is 13.9 Å². The second-order valence-electron chi connectivity index (χ2n) is 8.81. The Morgan fingerprint density at radius 3 is 2.50 bits per heavy atom. The fourth-order valence-electron chi connectivity index (χ4n) is 4.13. The van der Waals surface area contributed by atoms with Gasteiger partial charge >= 0.3 is 0 Å². The molecule has 1 aliphatic heterocycles. The number of carbonyl (C=O) groups excluding carboxylic acids is 4. The third-order valence-electron chi connectivity index (χ3n) is 6.04. The van der Waals surface area contributed by atoms with Crippen LogP contribution in [0.15, 0.2) is 54.7 Å². The van der Waals surface area contributed by atoms with Gasteiger partial charge in [0.1, 0.15) is 29.6 Å². The Labute approximate surface area is 215 Å². The van der Waals surface area contributed by atoms with Gasteiger partial charge in [0.05, 0.1) is 11.8 Å². The van der Waals surface area contributed by atoms with Crippen LogP contribution in [0.1, 0.15) is 54.9 Å². The first-order valence-electron chi connectivity index (χ1n) is 11.8. The largest absolute Gasteiger partial charge is 0.486 e. The zero-order valence-electron chi connectivity index (χ0n) is 20.3. The van der Waals surface area contributed by atoms with Crippen LogP contribution < -0.4 is 15.4 Å². The first kappa shape index (κ1) is 24.8. The number of nitrogens with zero attached hydrogens (tertiary/aromatic N) is 3. The second-order valence-corrected chi connectivity index (χ2v) is 8.81. The van der Waals surface area contributed by atoms with E-state index in [4.69, 9.17) is 4.74 Å². The molecular weight excluding hydrogens is 493 g/mol. The summed E-state index contributed by atoms with van der Waals surface area (Å²) in [5, 5.41) is 9.56. The Bertz CT molecular complexity index is 1610. The summed E-state index contributed by atoms with van der Waals surface area (Å²) in [5.41, 5.74) is 2.35. The molecule has 4 aromatic rings. The summed E-state index contributed by atoms with van der Waals surface area (Å²) in [6.07, 6.45) is 1.73. The molecule has 0 bridgehead atoms. The van der Waals surface area contributed by atoms with Crippen molar-refractivity contribution in [1.29, 1.82) is 0 Å². The van der Waals surface area contributed by atoms with Crippen molar-refractivity contribution < 1.29 is 28.3 Å². The lowest BCUT2D eigenvalue weighted by Gasteiger charge is -2.17. The van der Waals surface area contributed by atoms with Crippen molar-refractivity contribution in [1.82, 2.24) is 25.2 Å². The van der Waals surface area contributed by atoms with Crippen molar-refractivity contribution in [2.75, 3.05) is 6.61 Å². The van der Waals surface area contributed by atoms with Crippen LogP contribution in [0, 0.1) is 5.82 Å². The Hall–Kier alpha value is -4.93. The van der Waals surface area contributed by atoms with E-state index >= 15 is 0 Å². The van der Waals surface area contributed by atoms with Gasteiger partial charge in [-0.15, -0.1) is 0 Å². The number of hydrogen-bond acceptors (Lipinski definition) is 7. The number of rotatable bonds is 7. The zero-order chi connectivity index (χ0) is 26.8. The van der Waals surface area contributed by atoms with Crippen LogP contribution in [0.3, 0.4) is 0 Å². The number of ether oxygens (including phenoxy) is 1. The molecule has 2 amide bonds. The van der Waals surface area contributed by atoms with Crippen molar-refractivity contribution in [3.05, 3.63) is 94.2 Å². The molecule has 0 atom stereocenters. The summed E-state index contributed by atoms with van der Waals surface area (Å²) in [4.78, 5) is 53.3. The van der Waals surface area contributed by atoms with Crippen LogP contribution in [0.2, 0.25) is 0 Å². The summed E-state index contributed by atoms with van der Waals surface area (Å²) in [6, 6.07) is 12.4. The van der Waals surface area contributed by atoms with E-state index in [1.807, 2.05) is 6.07 Å². The molecule has 0 aliphatic carbocycles. The summed E-state index contributed by atoms with van der Waals surface area (Å²) in [5.74, 6) is -1.47. The first-order chi connectivity index (χ1) is 18.3. The monoisotopic (exact) mass is 515 g/mol. The maximum Gasteiger partial charge on any atom is 0.270 e. The number of amides is 2. The van der Waals surface area contributed by atoms with E-state index < -0.39 is 23.4 Å². The topological polar surface area (TPSA) is 132 Å². The van der Waals surface area contributed by atoms with E-state index in [-0.39, 0.29) is 48.9 Å². The van der Waals surface area contributed by atoms with Gasteiger partial charge in [0.25, 0.3) is 11.8 Å². The molecule has 1 aliphatic rings. The average Bonchev–Trinajstić information content (AvgIpc) is 3.38. The van der Waals surface area contributed by atoms with Gasteiger partial charge < -0.3 is 15.4 Å². The molecule has 2 aromatic carbocycles. The third-order valence-corrected chi connectivity index (χ3v) is 6.04. The van der Waals surface area contributed by atoms with E-state index in [2.05, 4.69) is 20.7 Å². The van der Waals surface area contributed by atoms with Crippen LogP contribution in [-0.4, -0.2) is 44.6 Å². The van der Waals surface area contributed by atoms with Gasteiger partial charge in [-0.05, 0) is 42.3 Å². The minimum Gasteiger partial charge on any atom is -0.486 e. The molecule has 3 heterocycles. The van der Waals surface area contributed by atoms with E-state index in [0.29, 0.717) is 17.0 Å². The molecular formula is C27H22FN5O5. The Balaban J connectivity index is 1.30. The van der Waals surface area contributed by atoms with Crippen molar-refractivity contribution >= 4 is 29.0 Å². The smallest absolute Gasteiger partial charge is 0.270 e. The minimum atomic E-state index is -0.667. The Kier molecular flexibility index (Phi) is 6.65. The lowest BCUT2D eigenvalue weighted by atomic mass is 10.0. The first-order valence-corrected chi connectivity index (χ1v) is 11.8. The van der Waals surface area contributed by atoms with Gasteiger partial charge in [-0.2, -0.15) is 5.10 Å². The molecule has 2 N–H and O–H groups in total. The number of hydrogen-bond donors (Lipinski definition) is 2. The fraction of sp³-hybridized carbons (Fsp3) is 0.185. The number of nitrogens with one attached hydrogen (secondary N) is 2. The van der Waals surface area contributed by atoms with Crippen LogP contribution in [0.4, 0.5) is 4.39 Å². The van der Waals surface area contributed by atoms with Gasteiger partial charge in [0.2, 0.25) is 0 Å². The van der Waals surface area contributed by atoms with Crippen LogP contribution in [-0.2, 0) is 24.3 Å². The van der Waals surface area contributed by atoms with Gasteiger partial charge in [-0.3, -0.25) is 19.2 Å². The quantitative estimate of drug-likeness (QED) is 0.362. The van der Waals surface area contributed by atoms with Crippen LogP contribution in [0.5, 0.6) is 5.75 Å². The molecule has 11 heteroatoms. The van der Waals surface area contributed by atoms with Crippen molar-refractivity contribution in [3.8, 4) is 5.75 Å². The summed E-state index contributed by atoms with van der Waals surface area (Å²) in [7, 11) is 0. The molecule has 0 saturated heterocycles. The highest BCUT2D eigenvalue weighted by Crippen LogP contribution is 2.24. The van der Waals surface area contributed by atoms with Gasteiger partial charge in [-0.1, -0.05) is 12.1 Å². The van der Waals surface area contributed by atoms with Crippen molar-refractivity contribution in [2.24, 2.45) is 0 Å². The molecule has 0 radical (unpaired) electrons. The summed E-state index contributed by atoms with van der Waals surface area (Å²) in [6.45, 7) is 1.50. The third kappa shape index (κ3) is 5.12. The summed E-state index contributed by atoms with van der Waals surface area (Å²) < 4.78 is 20.8. The second kappa shape index (κ2) is 10.2. The SMILES string of the molecule is CC(=O)c1ccc(CNC(=O)c2cc(C(=O)NCc3ccc4c(c3)CC(=O)CO4)nc3ccnn23)cc1F. The normalized spacial score (nSPS) is 12.5. The zero-order valence-corrected chi connectivity index (χ0v) is 20.3. The number of ketones is 2. The molecule has 10 nitrogen and oxygen atoms in total. The Morgan fingerprint density at radius 2 is 1.74 bits per heavy atom. The van der Waals surface area contributed by atoms with Crippen molar-refractivity contribution in [3.63, 3.8) is 0 Å². The van der Waals surface area contributed by atoms with E-state index in [1.54, 1.807) is 24.3 Å². The number of fused-ring (bicyclic) bond motifs is 2. The molecule has 5 rings (SSSR count). The molecule has 192 valence electrons. The number of halogens is 1. The van der Waals surface area contributed by atoms with Crippen molar-refractivity contribution in [2.45, 2.75) is 26.4 Å². The van der Waals surface area contributed by atoms with E-state index in [1.165, 1.54) is 35.8 Å². The molecule has 0 saturated carbocycles. The minimum absolute atomic E-state index is 0.00883. The fourth-order valence-corrected chi connectivity index (χ4v) is 4.13. The predicted octanol–water partition coefficient (Wildman–Crippen LogP) is 2.44. The van der Waals surface area contributed by atoms with Crippen LogP contribution in [0.25, 0.3) is 5.65 Å².